The first-order valence-corrected chi connectivity index (χ1v) is 4.20. The van der Waals surface area contributed by atoms with Crippen molar-refractivity contribution in [2.45, 2.75) is 41.0 Å². The molecule has 0 saturated heterocycles. The third-order valence-electron chi connectivity index (χ3n) is 1.39. The summed E-state index contributed by atoms with van der Waals surface area (Å²) in [5, 5.41) is 8.35. The Bertz CT molecular complexity index is 97.7. The van der Waals surface area contributed by atoms with Crippen molar-refractivity contribution in [2.24, 2.45) is 11.8 Å². The van der Waals surface area contributed by atoms with Crippen molar-refractivity contribution in [2.75, 3.05) is 0 Å². The summed E-state index contributed by atoms with van der Waals surface area (Å²) in [6.45, 7) is 9.77. The first-order chi connectivity index (χ1) is 4.97. The van der Waals surface area contributed by atoms with Crippen LogP contribution in [0.1, 0.15) is 41.0 Å². The van der Waals surface area contributed by atoms with Gasteiger partial charge in [0.15, 0.2) is 0 Å². The second-order valence-electron chi connectivity index (χ2n) is 3.08. The van der Waals surface area contributed by atoms with E-state index in [0.717, 1.165) is 0 Å². The van der Waals surface area contributed by atoms with E-state index in [1.54, 1.807) is 6.92 Å². The fraction of sp³-hybridized carbons (Fsp3) is 0.889. The van der Waals surface area contributed by atoms with Gasteiger partial charge in [-0.25, -0.2) is 0 Å². The van der Waals surface area contributed by atoms with Crippen LogP contribution >= 0.6 is 0 Å². The molecule has 2 nitrogen and oxygen atoms in total. The van der Waals surface area contributed by atoms with Crippen molar-refractivity contribution in [3.63, 3.8) is 0 Å². The number of hydrogen-bond donors (Lipinski definition) is 1. The van der Waals surface area contributed by atoms with Gasteiger partial charge in [-0.3, -0.25) is 4.79 Å². The molecule has 68 valence electrons. The lowest BCUT2D eigenvalue weighted by atomic mass is 9.99. The number of carboxylic acids is 1. The molecule has 0 aromatic rings. The molecule has 0 rings (SSSR count). The molecule has 0 aliphatic carbocycles. The zero-order chi connectivity index (χ0) is 9.44. The SMILES string of the molecule is CC(C)C(C)C(=O)O.CCC. The summed E-state index contributed by atoms with van der Waals surface area (Å²) >= 11 is 0. The minimum absolute atomic E-state index is 0.213. The number of rotatable bonds is 2. The molecule has 0 amide bonds. The summed E-state index contributed by atoms with van der Waals surface area (Å²) < 4.78 is 0. The Morgan fingerprint density at radius 2 is 1.55 bits per heavy atom. The smallest absolute Gasteiger partial charge is 0.306 e. The van der Waals surface area contributed by atoms with Gasteiger partial charge >= 0.3 is 5.97 Å². The van der Waals surface area contributed by atoms with Crippen LogP contribution in [0.2, 0.25) is 0 Å². The molecule has 1 atom stereocenters. The van der Waals surface area contributed by atoms with E-state index in [0.29, 0.717) is 0 Å². The molecule has 0 aliphatic heterocycles. The summed E-state index contributed by atoms with van der Waals surface area (Å²) in [5.74, 6) is -0.678. The lowest BCUT2D eigenvalue weighted by Gasteiger charge is -2.07. The highest BCUT2D eigenvalue weighted by Crippen LogP contribution is 2.08. The highest BCUT2D eigenvalue weighted by Gasteiger charge is 2.13. The van der Waals surface area contributed by atoms with Gasteiger partial charge in [-0.05, 0) is 5.92 Å². The maximum absolute atomic E-state index is 10.1. The highest BCUT2D eigenvalue weighted by atomic mass is 16.4. The van der Waals surface area contributed by atoms with Gasteiger partial charge < -0.3 is 5.11 Å². The van der Waals surface area contributed by atoms with Crippen molar-refractivity contribution >= 4 is 5.97 Å². The highest BCUT2D eigenvalue weighted by molar-refractivity contribution is 5.69. The predicted octanol–water partition coefficient (Wildman–Crippen LogP) is 2.78. The van der Waals surface area contributed by atoms with Crippen molar-refractivity contribution in [1.29, 1.82) is 0 Å². The molecule has 0 aromatic carbocycles. The van der Waals surface area contributed by atoms with Crippen molar-refractivity contribution < 1.29 is 9.90 Å². The van der Waals surface area contributed by atoms with E-state index in [9.17, 15) is 4.79 Å². The molecule has 0 spiro atoms. The van der Waals surface area contributed by atoms with Gasteiger partial charge in [-0.1, -0.05) is 41.0 Å². The summed E-state index contributed by atoms with van der Waals surface area (Å²) in [4.78, 5) is 10.1. The molecule has 2 heteroatoms. The molecule has 1 N–H and O–H groups in total. The van der Waals surface area contributed by atoms with Crippen molar-refractivity contribution in [1.82, 2.24) is 0 Å². The Hall–Kier alpha value is -0.530. The van der Waals surface area contributed by atoms with Crippen molar-refractivity contribution in [3.8, 4) is 0 Å². The third kappa shape index (κ3) is 9.47. The van der Waals surface area contributed by atoms with E-state index in [2.05, 4.69) is 13.8 Å². The van der Waals surface area contributed by atoms with Crippen LogP contribution in [0.4, 0.5) is 0 Å². The number of hydrogen-bond acceptors (Lipinski definition) is 1. The normalized spacial score (nSPS) is 11.8. The quantitative estimate of drug-likeness (QED) is 0.674. The first kappa shape index (κ1) is 13.1. The van der Waals surface area contributed by atoms with Crippen LogP contribution < -0.4 is 0 Å². The van der Waals surface area contributed by atoms with Crippen LogP contribution in [-0.4, -0.2) is 11.1 Å². The Labute approximate surface area is 69.6 Å². The van der Waals surface area contributed by atoms with Crippen LogP contribution in [0, 0.1) is 11.8 Å². The van der Waals surface area contributed by atoms with E-state index in [1.807, 2.05) is 13.8 Å². The lowest BCUT2D eigenvalue weighted by Crippen LogP contribution is -2.15. The Morgan fingerprint density at radius 1 is 1.27 bits per heavy atom. The van der Waals surface area contributed by atoms with Gasteiger partial charge in [0.05, 0.1) is 5.92 Å². The van der Waals surface area contributed by atoms with Gasteiger partial charge in [-0.2, -0.15) is 0 Å². The second-order valence-corrected chi connectivity index (χ2v) is 3.08. The molecule has 0 aromatic heterocycles. The van der Waals surface area contributed by atoms with Crippen LogP contribution in [0.3, 0.4) is 0 Å². The fourth-order valence-electron chi connectivity index (χ4n) is 0.285. The van der Waals surface area contributed by atoms with Crippen LogP contribution in [0.5, 0.6) is 0 Å². The lowest BCUT2D eigenvalue weighted by molar-refractivity contribution is -0.142. The monoisotopic (exact) mass is 160 g/mol. The van der Waals surface area contributed by atoms with Gasteiger partial charge in [0.1, 0.15) is 0 Å². The molecule has 0 radical (unpaired) electrons. The molecular formula is C9H20O2. The maximum atomic E-state index is 10.1. The standard InChI is InChI=1S/C6H12O2.C3H8/c1-4(2)5(3)6(7)8;1-3-2/h4-5H,1-3H3,(H,7,8);3H2,1-2H3. The number of aliphatic carboxylic acids is 1. The zero-order valence-corrected chi connectivity index (χ0v) is 8.22. The summed E-state index contributed by atoms with van der Waals surface area (Å²) in [6.07, 6.45) is 1.25. The van der Waals surface area contributed by atoms with Gasteiger partial charge in [0.2, 0.25) is 0 Å². The minimum atomic E-state index is -0.708. The van der Waals surface area contributed by atoms with Crippen LogP contribution in [0.25, 0.3) is 0 Å². The molecule has 0 aliphatic rings. The Morgan fingerprint density at radius 3 is 1.55 bits per heavy atom. The molecule has 0 heterocycles. The zero-order valence-electron chi connectivity index (χ0n) is 8.22. The Kier molecular flexibility index (Phi) is 9.01. The van der Waals surface area contributed by atoms with Gasteiger partial charge in [0.25, 0.3) is 0 Å². The predicted molar refractivity (Wildman–Crippen MR) is 47.6 cm³/mol. The maximum Gasteiger partial charge on any atom is 0.306 e. The second kappa shape index (κ2) is 7.58. The van der Waals surface area contributed by atoms with Crippen LogP contribution in [0.15, 0.2) is 0 Å². The average molecular weight is 160 g/mol. The molecule has 0 saturated carbocycles. The van der Waals surface area contributed by atoms with Gasteiger partial charge in [-0.15, -0.1) is 0 Å². The molecule has 0 fully saturated rings. The molecule has 0 bridgehead atoms. The van der Waals surface area contributed by atoms with E-state index in [4.69, 9.17) is 5.11 Å². The van der Waals surface area contributed by atoms with Crippen LogP contribution in [-0.2, 0) is 4.79 Å². The molecule has 1 unspecified atom stereocenters. The fourth-order valence-corrected chi connectivity index (χ4v) is 0.285. The van der Waals surface area contributed by atoms with E-state index in [-0.39, 0.29) is 11.8 Å². The molecular weight excluding hydrogens is 140 g/mol. The summed E-state index contributed by atoms with van der Waals surface area (Å²) in [6, 6.07) is 0. The summed E-state index contributed by atoms with van der Waals surface area (Å²) in [5.41, 5.74) is 0. The van der Waals surface area contributed by atoms with Gasteiger partial charge in [0, 0.05) is 0 Å². The van der Waals surface area contributed by atoms with E-state index < -0.39 is 5.97 Å². The number of carboxylic acid groups (broad SMARTS) is 1. The van der Waals surface area contributed by atoms with Crippen molar-refractivity contribution in [3.05, 3.63) is 0 Å². The first-order valence-electron chi connectivity index (χ1n) is 4.20. The third-order valence-corrected chi connectivity index (χ3v) is 1.39. The topological polar surface area (TPSA) is 37.3 Å². The minimum Gasteiger partial charge on any atom is -0.481 e. The average Bonchev–Trinajstić information content (AvgIpc) is 1.87. The summed E-state index contributed by atoms with van der Waals surface area (Å²) in [7, 11) is 0. The largest absolute Gasteiger partial charge is 0.481 e. The van der Waals surface area contributed by atoms with E-state index >= 15 is 0 Å². The molecule has 11 heavy (non-hydrogen) atoms. The number of carbonyl (C=O) groups is 1. The Balaban J connectivity index is 0. The van der Waals surface area contributed by atoms with E-state index in [1.165, 1.54) is 6.42 Å².